The van der Waals surface area contributed by atoms with Crippen LogP contribution in [0.2, 0.25) is 5.02 Å². The Hall–Kier alpha value is -3.21. The van der Waals surface area contributed by atoms with Gasteiger partial charge in [0.15, 0.2) is 5.65 Å². The Morgan fingerprint density at radius 2 is 2.11 bits per heavy atom. The maximum absolute atomic E-state index is 15.2. The highest BCUT2D eigenvalue weighted by Gasteiger charge is 2.29. The number of imidazole rings is 1. The zero-order valence-electron chi connectivity index (χ0n) is 21.0. The number of halogens is 2. The normalized spacial score (nSPS) is 20.5. The van der Waals surface area contributed by atoms with Crippen molar-refractivity contribution in [2.24, 2.45) is 7.05 Å². The van der Waals surface area contributed by atoms with E-state index in [4.69, 9.17) is 21.1 Å². The van der Waals surface area contributed by atoms with Gasteiger partial charge in [0.2, 0.25) is 0 Å². The minimum absolute atomic E-state index is 0.0398. The van der Waals surface area contributed by atoms with Crippen molar-refractivity contribution in [3.05, 3.63) is 52.6 Å². The lowest BCUT2D eigenvalue weighted by Crippen LogP contribution is -2.17. The van der Waals surface area contributed by atoms with Crippen LogP contribution in [-0.2, 0) is 18.2 Å². The molecular formula is C26H30ClFN6O3. The van der Waals surface area contributed by atoms with E-state index in [1.807, 2.05) is 33.2 Å². The minimum atomic E-state index is -0.260. The number of aromatic nitrogens is 5. The second kappa shape index (κ2) is 10.6. The number of aliphatic hydroxyl groups excluding tert-OH is 1. The van der Waals surface area contributed by atoms with E-state index in [-0.39, 0.29) is 30.7 Å². The first-order valence-corrected chi connectivity index (χ1v) is 12.9. The van der Waals surface area contributed by atoms with E-state index in [0.717, 1.165) is 29.5 Å². The number of aromatic amines is 1. The summed E-state index contributed by atoms with van der Waals surface area (Å²) in [5.41, 5.74) is 4.38. The van der Waals surface area contributed by atoms with Crippen LogP contribution in [0.4, 0.5) is 10.2 Å². The average Bonchev–Trinajstić information content (AvgIpc) is 3.68. The zero-order chi connectivity index (χ0) is 26.1. The molecule has 3 atom stereocenters. The number of anilines is 1. The molecule has 2 aliphatic rings. The number of fused-ring (bicyclic) bond motifs is 2. The van der Waals surface area contributed by atoms with Crippen molar-refractivity contribution in [3.63, 3.8) is 0 Å². The first kappa shape index (κ1) is 25.4. The Kier molecular flexibility index (Phi) is 7.32. The molecule has 3 aromatic heterocycles. The predicted molar refractivity (Wildman–Crippen MR) is 139 cm³/mol. The van der Waals surface area contributed by atoms with Gasteiger partial charge in [-0.2, -0.15) is 10.1 Å². The molecule has 3 N–H and O–H groups in total. The minimum Gasteiger partial charge on any atom is -0.459 e. The van der Waals surface area contributed by atoms with Gasteiger partial charge in [0.25, 0.3) is 6.01 Å². The molecule has 0 radical (unpaired) electrons. The Labute approximate surface area is 219 Å². The molecule has 11 heteroatoms. The molecule has 1 aliphatic heterocycles. The van der Waals surface area contributed by atoms with Gasteiger partial charge >= 0.3 is 0 Å². The molecule has 1 aromatic carbocycles. The van der Waals surface area contributed by atoms with Crippen molar-refractivity contribution in [2.75, 3.05) is 18.5 Å². The summed E-state index contributed by atoms with van der Waals surface area (Å²) in [7, 11) is 1.84. The molecule has 4 heterocycles. The average molecular weight is 529 g/mol. The second-order valence-electron chi connectivity index (χ2n) is 9.01. The number of ether oxygens (including phenoxy) is 2. The number of H-pyrrole nitrogens is 1. The Balaban J connectivity index is 0.00000137. The SMILES string of the molecule is CC.Cn1cc(-c2cc(F)c3c(c2)CCC3Nc2nc3nc(O[C@@H]4COC(CO)C4)[nH]c3cc2Cl)cn1. The van der Waals surface area contributed by atoms with E-state index in [2.05, 4.69) is 25.4 Å². The summed E-state index contributed by atoms with van der Waals surface area (Å²) in [5, 5.41) is 17.1. The van der Waals surface area contributed by atoms with E-state index >= 15 is 4.39 Å². The van der Waals surface area contributed by atoms with E-state index in [9.17, 15) is 5.11 Å². The smallest absolute Gasteiger partial charge is 0.296 e. The van der Waals surface area contributed by atoms with E-state index in [1.54, 1.807) is 23.0 Å². The molecule has 0 amide bonds. The lowest BCUT2D eigenvalue weighted by atomic mass is 10.0. The van der Waals surface area contributed by atoms with Crippen molar-refractivity contribution in [1.82, 2.24) is 24.7 Å². The van der Waals surface area contributed by atoms with Crippen molar-refractivity contribution in [3.8, 4) is 17.1 Å². The number of hydrogen-bond donors (Lipinski definition) is 3. The van der Waals surface area contributed by atoms with Gasteiger partial charge < -0.3 is 24.9 Å². The summed E-state index contributed by atoms with van der Waals surface area (Å²) in [5.74, 6) is 0.180. The van der Waals surface area contributed by atoms with E-state index < -0.39 is 0 Å². The van der Waals surface area contributed by atoms with Gasteiger partial charge in [-0.15, -0.1) is 0 Å². The number of nitrogens with zero attached hydrogens (tertiary/aromatic N) is 4. The molecule has 0 bridgehead atoms. The van der Waals surface area contributed by atoms with E-state index in [0.29, 0.717) is 46.6 Å². The molecular weight excluding hydrogens is 499 g/mol. The summed E-state index contributed by atoms with van der Waals surface area (Å²) in [6.45, 7) is 4.35. The third-order valence-corrected chi connectivity index (χ3v) is 6.83. The highest BCUT2D eigenvalue weighted by molar-refractivity contribution is 6.33. The van der Waals surface area contributed by atoms with Crippen LogP contribution in [0.1, 0.15) is 43.9 Å². The Bertz CT molecular complexity index is 1410. The Morgan fingerprint density at radius 1 is 1.27 bits per heavy atom. The van der Waals surface area contributed by atoms with Crippen LogP contribution >= 0.6 is 11.6 Å². The van der Waals surface area contributed by atoms with Crippen LogP contribution in [0.3, 0.4) is 0 Å². The fourth-order valence-corrected chi connectivity index (χ4v) is 5.06. The van der Waals surface area contributed by atoms with Crippen LogP contribution in [-0.4, -0.2) is 55.3 Å². The van der Waals surface area contributed by atoms with Crippen molar-refractivity contribution < 1.29 is 19.0 Å². The second-order valence-corrected chi connectivity index (χ2v) is 9.42. The standard InChI is InChI=1S/C24H24ClFN6O3.C2H6/c1-32-9-14(8-27-32)13-4-12-2-3-19(21(12)18(26)5-13)28-22-17(25)7-20-23(30-22)31-24(29-20)35-16-6-15(10-33)34-11-16;1-2/h4-5,7-9,15-16,19,33H,2-3,6,10-11H2,1H3,(H2,28,29,30,31);1-2H3/t15?,16-,19?;/m0./s1. The number of aliphatic hydroxyl groups is 1. The molecule has 2 unspecified atom stereocenters. The number of benzene rings is 1. The highest BCUT2D eigenvalue weighted by Crippen LogP contribution is 2.39. The first-order valence-electron chi connectivity index (χ1n) is 12.5. The summed E-state index contributed by atoms with van der Waals surface area (Å²) < 4.78 is 28.2. The van der Waals surface area contributed by atoms with E-state index in [1.165, 1.54) is 0 Å². The number of hydrogen-bond acceptors (Lipinski definition) is 7. The van der Waals surface area contributed by atoms with Gasteiger partial charge in [-0.25, -0.2) is 9.37 Å². The lowest BCUT2D eigenvalue weighted by Gasteiger charge is -2.17. The molecule has 9 nitrogen and oxygen atoms in total. The Morgan fingerprint density at radius 3 is 2.84 bits per heavy atom. The topological polar surface area (TPSA) is 110 Å². The number of rotatable bonds is 6. The lowest BCUT2D eigenvalue weighted by molar-refractivity contribution is 0.0528. The number of pyridine rings is 1. The fourth-order valence-electron chi connectivity index (χ4n) is 4.86. The fraction of sp³-hybridized carbons (Fsp3) is 0.423. The molecule has 0 spiro atoms. The molecule has 0 saturated carbocycles. The predicted octanol–water partition coefficient (Wildman–Crippen LogP) is 4.81. The summed E-state index contributed by atoms with van der Waals surface area (Å²) in [6, 6.07) is 5.37. The third kappa shape index (κ3) is 5.14. The molecule has 1 aliphatic carbocycles. The maximum atomic E-state index is 15.2. The quantitative estimate of drug-likeness (QED) is 0.329. The van der Waals surface area contributed by atoms with Gasteiger partial charge in [0, 0.05) is 30.8 Å². The number of nitrogens with one attached hydrogen (secondary N) is 2. The molecule has 1 fully saturated rings. The molecule has 37 heavy (non-hydrogen) atoms. The van der Waals surface area contributed by atoms with Crippen LogP contribution in [0.25, 0.3) is 22.3 Å². The van der Waals surface area contributed by atoms with Crippen molar-refractivity contribution in [2.45, 2.75) is 51.4 Å². The van der Waals surface area contributed by atoms with Gasteiger partial charge in [-0.3, -0.25) is 4.68 Å². The number of aryl methyl sites for hydroxylation is 2. The molecule has 6 rings (SSSR count). The van der Waals surface area contributed by atoms with Gasteiger partial charge in [-0.1, -0.05) is 31.5 Å². The largest absolute Gasteiger partial charge is 0.459 e. The molecule has 196 valence electrons. The van der Waals surface area contributed by atoms with Crippen LogP contribution in [0, 0.1) is 5.82 Å². The maximum Gasteiger partial charge on any atom is 0.296 e. The van der Waals surface area contributed by atoms with Crippen LogP contribution in [0.15, 0.2) is 30.6 Å². The zero-order valence-corrected chi connectivity index (χ0v) is 21.7. The highest BCUT2D eigenvalue weighted by atomic mass is 35.5. The van der Waals surface area contributed by atoms with Gasteiger partial charge in [-0.05, 0) is 36.1 Å². The monoisotopic (exact) mass is 528 g/mol. The van der Waals surface area contributed by atoms with Crippen LogP contribution in [0.5, 0.6) is 6.01 Å². The first-order chi connectivity index (χ1) is 18.0. The summed E-state index contributed by atoms with van der Waals surface area (Å²) >= 11 is 6.51. The van der Waals surface area contributed by atoms with Gasteiger partial charge in [0.1, 0.15) is 17.7 Å². The van der Waals surface area contributed by atoms with Crippen molar-refractivity contribution in [1.29, 1.82) is 0 Å². The van der Waals surface area contributed by atoms with Crippen molar-refractivity contribution >= 4 is 28.6 Å². The third-order valence-electron chi connectivity index (χ3n) is 6.55. The van der Waals surface area contributed by atoms with Gasteiger partial charge in [0.05, 0.1) is 42.1 Å². The summed E-state index contributed by atoms with van der Waals surface area (Å²) in [4.78, 5) is 12.1. The molecule has 4 aromatic rings. The molecule has 1 saturated heterocycles. The summed E-state index contributed by atoms with van der Waals surface area (Å²) in [6.07, 6.45) is 5.24. The van der Waals surface area contributed by atoms with Crippen LogP contribution < -0.4 is 10.1 Å².